The summed E-state index contributed by atoms with van der Waals surface area (Å²) in [6.45, 7) is -0.130. The molecule has 0 saturated heterocycles. The molecule has 72 valence electrons. The second kappa shape index (κ2) is 3.42. The number of carbonyl (C=O) groups is 1. The van der Waals surface area contributed by atoms with Gasteiger partial charge in [0.05, 0.1) is 5.52 Å². The molecule has 0 radical (unpaired) electrons. The Balaban J connectivity index is 2.57. The number of halogens is 1. The van der Waals surface area contributed by atoms with E-state index in [1.807, 2.05) is 24.3 Å². The minimum Gasteiger partial charge on any atom is -0.480 e. The maximum absolute atomic E-state index is 10.5. The van der Waals surface area contributed by atoms with Gasteiger partial charge in [0.25, 0.3) is 0 Å². The van der Waals surface area contributed by atoms with Crippen LogP contribution >= 0.6 is 15.9 Å². The summed E-state index contributed by atoms with van der Waals surface area (Å²) in [5.41, 5.74) is 0.792. The van der Waals surface area contributed by atoms with Crippen molar-refractivity contribution >= 4 is 32.8 Å². The fraction of sp³-hybridized carbons (Fsp3) is 0.111. The van der Waals surface area contributed by atoms with Crippen LogP contribution in [0.2, 0.25) is 0 Å². The van der Waals surface area contributed by atoms with Crippen molar-refractivity contribution in [1.29, 1.82) is 0 Å². The average Bonchev–Trinajstić information content (AvgIpc) is 2.44. The van der Waals surface area contributed by atoms with Crippen molar-refractivity contribution in [2.75, 3.05) is 0 Å². The number of fused-ring (bicyclic) bond motifs is 1. The molecule has 0 aliphatic rings. The van der Waals surface area contributed by atoms with Crippen LogP contribution < -0.4 is 0 Å². The van der Waals surface area contributed by atoms with E-state index in [0.29, 0.717) is 4.60 Å². The number of rotatable bonds is 2. The average molecular weight is 255 g/mol. The van der Waals surface area contributed by atoms with Gasteiger partial charge in [0.15, 0.2) is 0 Å². The molecule has 0 bridgehead atoms. The Hall–Kier alpha value is -1.36. The van der Waals surface area contributed by atoms with Gasteiger partial charge < -0.3 is 5.11 Å². The van der Waals surface area contributed by atoms with E-state index in [1.165, 1.54) is 4.68 Å². The highest BCUT2D eigenvalue weighted by Crippen LogP contribution is 2.22. The van der Waals surface area contributed by atoms with Crippen LogP contribution in [0.1, 0.15) is 0 Å². The first-order valence-electron chi connectivity index (χ1n) is 4.01. The zero-order valence-corrected chi connectivity index (χ0v) is 8.73. The summed E-state index contributed by atoms with van der Waals surface area (Å²) < 4.78 is 2.13. The highest BCUT2D eigenvalue weighted by atomic mass is 79.9. The quantitative estimate of drug-likeness (QED) is 0.891. The topological polar surface area (TPSA) is 55.1 Å². The Bertz CT molecular complexity index is 493. The Morgan fingerprint density at radius 2 is 2.21 bits per heavy atom. The zero-order chi connectivity index (χ0) is 10.1. The number of benzene rings is 1. The fourth-order valence-corrected chi connectivity index (χ4v) is 1.82. The lowest BCUT2D eigenvalue weighted by atomic mass is 10.3. The first-order chi connectivity index (χ1) is 6.68. The lowest BCUT2D eigenvalue weighted by Crippen LogP contribution is -2.09. The van der Waals surface area contributed by atoms with Crippen molar-refractivity contribution in [3.8, 4) is 0 Å². The van der Waals surface area contributed by atoms with Gasteiger partial charge in [-0.15, -0.1) is 0 Å². The Morgan fingerprint density at radius 3 is 2.86 bits per heavy atom. The van der Waals surface area contributed by atoms with Gasteiger partial charge in [-0.1, -0.05) is 18.2 Å². The molecular formula is C9H7BrN2O2. The summed E-state index contributed by atoms with van der Waals surface area (Å²) in [5.74, 6) is -0.904. The molecule has 2 rings (SSSR count). The van der Waals surface area contributed by atoms with Crippen molar-refractivity contribution in [2.45, 2.75) is 6.54 Å². The van der Waals surface area contributed by atoms with E-state index >= 15 is 0 Å². The molecule has 1 heterocycles. The molecule has 1 aromatic carbocycles. The van der Waals surface area contributed by atoms with Crippen LogP contribution in [0, 0.1) is 0 Å². The van der Waals surface area contributed by atoms with E-state index < -0.39 is 5.97 Å². The van der Waals surface area contributed by atoms with Crippen LogP contribution in [0.4, 0.5) is 0 Å². The lowest BCUT2D eigenvalue weighted by Gasteiger charge is -1.96. The van der Waals surface area contributed by atoms with Gasteiger partial charge in [0.2, 0.25) is 0 Å². The van der Waals surface area contributed by atoms with Crippen molar-refractivity contribution in [3.63, 3.8) is 0 Å². The highest BCUT2D eigenvalue weighted by Gasteiger charge is 2.09. The molecular weight excluding hydrogens is 248 g/mol. The van der Waals surface area contributed by atoms with Gasteiger partial charge in [-0.2, -0.15) is 5.10 Å². The van der Waals surface area contributed by atoms with Crippen molar-refractivity contribution < 1.29 is 9.90 Å². The fourth-order valence-electron chi connectivity index (χ4n) is 1.28. The zero-order valence-electron chi connectivity index (χ0n) is 7.14. The molecule has 0 unspecified atom stereocenters. The van der Waals surface area contributed by atoms with E-state index in [9.17, 15) is 4.79 Å². The molecule has 1 N–H and O–H groups in total. The number of carboxylic acid groups (broad SMARTS) is 1. The number of hydrogen-bond acceptors (Lipinski definition) is 2. The SMILES string of the molecule is O=C(O)Cn1nc2ccccc2c1Br. The number of aliphatic carboxylic acids is 1. The molecule has 0 aliphatic heterocycles. The molecule has 5 heteroatoms. The Labute approximate surface area is 88.3 Å². The van der Waals surface area contributed by atoms with Gasteiger partial charge in [-0.25, -0.2) is 4.68 Å². The van der Waals surface area contributed by atoms with Crippen LogP contribution in [0.15, 0.2) is 28.9 Å². The third kappa shape index (κ3) is 1.50. The van der Waals surface area contributed by atoms with Crippen molar-refractivity contribution in [2.24, 2.45) is 0 Å². The molecule has 0 aliphatic carbocycles. The minimum atomic E-state index is -0.904. The summed E-state index contributed by atoms with van der Waals surface area (Å²) >= 11 is 3.32. The molecule has 2 aromatic rings. The monoisotopic (exact) mass is 254 g/mol. The van der Waals surface area contributed by atoms with Gasteiger partial charge in [0.1, 0.15) is 11.1 Å². The lowest BCUT2D eigenvalue weighted by molar-refractivity contribution is -0.137. The first-order valence-corrected chi connectivity index (χ1v) is 4.80. The minimum absolute atomic E-state index is 0.130. The molecule has 0 fully saturated rings. The second-order valence-corrected chi connectivity index (χ2v) is 3.61. The number of carboxylic acids is 1. The molecule has 0 saturated carbocycles. The summed E-state index contributed by atoms with van der Waals surface area (Å²) in [6.07, 6.45) is 0. The normalized spacial score (nSPS) is 10.6. The predicted octanol–water partition coefficient (Wildman–Crippen LogP) is 1.88. The van der Waals surface area contributed by atoms with Crippen LogP contribution in [-0.2, 0) is 11.3 Å². The standard InChI is InChI=1S/C9H7BrN2O2/c10-9-6-3-1-2-4-7(6)11-12(9)5-8(13)14/h1-4H,5H2,(H,13,14). The summed E-state index contributed by atoms with van der Waals surface area (Å²) in [4.78, 5) is 10.5. The largest absolute Gasteiger partial charge is 0.480 e. The Kier molecular flexibility index (Phi) is 2.25. The van der Waals surface area contributed by atoms with E-state index in [1.54, 1.807) is 0 Å². The number of hydrogen-bond donors (Lipinski definition) is 1. The smallest absolute Gasteiger partial charge is 0.325 e. The number of aromatic nitrogens is 2. The summed E-state index contributed by atoms with van der Waals surface area (Å²) in [5, 5.41) is 13.7. The van der Waals surface area contributed by atoms with Gasteiger partial charge >= 0.3 is 5.97 Å². The van der Waals surface area contributed by atoms with Gasteiger partial charge in [-0.05, 0) is 22.0 Å². The molecule has 14 heavy (non-hydrogen) atoms. The molecule has 0 spiro atoms. The van der Waals surface area contributed by atoms with Crippen molar-refractivity contribution in [3.05, 3.63) is 28.9 Å². The highest BCUT2D eigenvalue weighted by molar-refractivity contribution is 9.10. The third-order valence-electron chi connectivity index (χ3n) is 1.87. The van der Waals surface area contributed by atoms with Crippen LogP contribution in [0.5, 0.6) is 0 Å². The van der Waals surface area contributed by atoms with Crippen molar-refractivity contribution in [1.82, 2.24) is 9.78 Å². The first kappa shape index (κ1) is 9.21. The number of nitrogens with zero attached hydrogens (tertiary/aromatic N) is 2. The Morgan fingerprint density at radius 1 is 1.50 bits per heavy atom. The summed E-state index contributed by atoms with van der Waals surface area (Å²) in [6, 6.07) is 7.50. The predicted molar refractivity (Wildman–Crippen MR) is 55.1 cm³/mol. The maximum Gasteiger partial charge on any atom is 0.325 e. The van der Waals surface area contributed by atoms with Gasteiger partial charge in [0, 0.05) is 5.39 Å². The molecule has 1 aromatic heterocycles. The van der Waals surface area contributed by atoms with Crippen LogP contribution in [-0.4, -0.2) is 20.9 Å². The summed E-state index contributed by atoms with van der Waals surface area (Å²) in [7, 11) is 0. The van der Waals surface area contributed by atoms with Crippen LogP contribution in [0.25, 0.3) is 10.9 Å². The molecule has 0 atom stereocenters. The molecule has 0 amide bonds. The molecule has 4 nitrogen and oxygen atoms in total. The van der Waals surface area contributed by atoms with E-state index in [4.69, 9.17) is 5.11 Å². The third-order valence-corrected chi connectivity index (χ3v) is 2.70. The van der Waals surface area contributed by atoms with E-state index in [-0.39, 0.29) is 6.54 Å². The van der Waals surface area contributed by atoms with Gasteiger partial charge in [-0.3, -0.25) is 4.79 Å². The van der Waals surface area contributed by atoms with E-state index in [0.717, 1.165) is 10.9 Å². The van der Waals surface area contributed by atoms with E-state index in [2.05, 4.69) is 21.0 Å². The second-order valence-electron chi connectivity index (χ2n) is 2.86. The van der Waals surface area contributed by atoms with Crippen LogP contribution in [0.3, 0.4) is 0 Å². The maximum atomic E-state index is 10.5.